The molecule has 0 amide bonds. The van der Waals surface area contributed by atoms with Gasteiger partial charge in [-0.3, -0.25) is 5.26 Å². The molecular formula is C12H17FO2. The number of unbranched alkanes of at least 4 members (excludes halogenated alkanes) is 3. The fraction of sp³-hybridized carbons (Fsp3) is 0.500. The zero-order valence-corrected chi connectivity index (χ0v) is 8.79. The minimum Gasteiger partial charge on any atom is -0.252 e. The molecule has 0 aromatic heterocycles. The van der Waals surface area contributed by atoms with Gasteiger partial charge in [-0.25, -0.2) is 9.28 Å². The van der Waals surface area contributed by atoms with Gasteiger partial charge in [0, 0.05) is 0 Å². The minimum atomic E-state index is -0.182. The second-order valence-electron chi connectivity index (χ2n) is 3.62. The molecule has 0 radical (unpaired) electrons. The number of hydrogen-bond donors (Lipinski definition) is 1. The second kappa shape index (κ2) is 7.37. The average Bonchev–Trinajstić information content (AvgIpc) is 2.26. The maximum Gasteiger partial charge on any atom is 0.123 e. The molecule has 0 saturated heterocycles. The van der Waals surface area contributed by atoms with Crippen molar-refractivity contribution in [3.63, 3.8) is 0 Å². The standard InChI is InChI=1S/C12H17FO2/c13-12-8-6-11(7-9-12)5-3-1-2-4-10-15-14/h6-9,14H,1-5,10H2. The summed E-state index contributed by atoms with van der Waals surface area (Å²) in [5, 5.41) is 8.09. The largest absolute Gasteiger partial charge is 0.252 e. The molecule has 0 heterocycles. The lowest BCUT2D eigenvalue weighted by atomic mass is 10.1. The van der Waals surface area contributed by atoms with Gasteiger partial charge in [-0.1, -0.05) is 25.0 Å². The molecule has 0 aliphatic heterocycles. The summed E-state index contributed by atoms with van der Waals surface area (Å²) in [6, 6.07) is 6.64. The molecule has 1 N–H and O–H groups in total. The molecule has 15 heavy (non-hydrogen) atoms. The van der Waals surface area contributed by atoms with E-state index >= 15 is 0 Å². The molecule has 3 heteroatoms. The van der Waals surface area contributed by atoms with Crippen molar-refractivity contribution < 1.29 is 14.5 Å². The second-order valence-corrected chi connectivity index (χ2v) is 3.62. The molecule has 2 nitrogen and oxygen atoms in total. The third-order valence-corrected chi connectivity index (χ3v) is 2.36. The van der Waals surface area contributed by atoms with E-state index in [1.54, 1.807) is 0 Å². The number of aryl methyl sites for hydroxylation is 1. The molecule has 0 bridgehead atoms. The van der Waals surface area contributed by atoms with Crippen molar-refractivity contribution in [3.05, 3.63) is 35.6 Å². The summed E-state index contributed by atoms with van der Waals surface area (Å²) in [5.74, 6) is -0.182. The Morgan fingerprint density at radius 2 is 1.67 bits per heavy atom. The zero-order chi connectivity index (χ0) is 10.9. The first-order chi connectivity index (χ1) is 7.33. The van der Waals surface area contributed by atoms with Crippen LogP contribution in [0.1, 0.15) is 31.2 Å². The monoisotopic (exact) mass is 212 g/mol. The molecule has 84 valence electrons. The normalized spacial score (nSPS) is 10.5. The Labute approximate surface area is 89.6 Å². The van der Waals surface area contributed by atoms with E-state index in [-0.39, 0.29) is 5.82 Å². The fourth-order valence-corrected chi connectivity index (χ4v) is 1.50. The lowest BCUT2D eigenvalue weighted by Gasteiger charge is -2.01. The van der Waals surface area contributed by atoms with Crippen LogP contribution in [0.2, 0.25) is 0 Å². The van der Waals surface area contributed by atoms with E-state index in [9.17, 15) is 4.39 Å². The van der Waals surface area contributed by atoms with E-state index in [0.717, 1.165) is 32.1 Å². The van der Waals surface area contributed by atoms with Gasteiger partial charge in [0.1, 0.15) is 5.82 Å². The van der Waals surface area contributed by atoms with Crippen LogP contribution in [-0.4, -0.2) is 11.9 Å². The Kier molecular flexibility index (Phi) is 5.97. The summed E-state index contributed by atoms with van der Waals surface area (Å²) in [5.41, 5.74) is 1.18. The number of rotatable bonds is 7. The van der Waals surface area contributed by atoms with Crippen LogP contribution < -0.4 is 0 Å². The summed E-state index contributed by atoms with van der Waals surface area (Å²) in [4.78, 5) is 3.98. The fourth-order valence-electron chi connectivity index (χ4n) is 1.50. The first-order valence-electron chi connectivity index (χ1n) is 5.34. The first-order valence-corrected chi connectivity index (χ1v) is 5.34. The van der Waals surface area contributed by atoms with E-state index in [2.05, 4.69) is 4.89 Å². The van der Waals surface area contributed by atoms with Gasteiger partial charge in [-0.05, 0) is 37.0 Å². The van der Waals surface area contributed by atoms with Crippen LogP contribution in [-0.2, 0) is 11.3 Å². The van der Waals surface area contributed by atoms with Gasteiger partial charge in [0.25, 0.3) is 0 Å². The van der Waals surface area contributed by atoms with Crippen molar-refractivity contribution >= 4 is 0 Å². The van der Waals surface area contributed by atoms with Crippen LogP contribution in [0.3, 0.4) is 0 Å². The van der Waals surface area contributed by atoms with Crippen molar-refractivity contribution in [2.24, 2.45) is 0 Å². The summed E-state index contributed by atoms with van der Waals surface area (Å²) in [6.45, 7) is 0.413. The lowest BCUT2D eigenvalue weighted by Crippen LogP contribution is -1.90. The smallest absolute Gasteiger partial charge is 0.123 e. The zero-order valence-electron chi connectivity index (χ0n) is 8.79. The minimum absolute atomic E-state index is 0.182. The molecule has 0 spiro atoms. The summed E-state index contributed by atoms with van der Waals surface area (Å²) >= 11 is 0. The van der Waals surface area contributed by atoms with Gasteiger partial charge in [0.2, 0.25) is 0 Å². The van der Waals surface area contributed by atoms with Crippen molar-refractivity contribution in [1.82, 2.24) is 0 Å². The predicted molar refractivity (Wildman–Crippen MR) is 57.2 cm³/mol. The van der Waals surface area contributed by atoms with Gasteiger partial charge in [-0.15, -0.1) is 0 Å². The van der Waals surface area contributed by atoms with Crippen molar-refractivity contribution in [3.8, 4) is 0 Å². The van der Waals surface area contributed by atoms with Crippen LogP contribution >= 0.6 is 0 Å². The Bertz CT molecular complexity index is 259. The molecule has 0 atom stereocenters. The molecule has 0 aliphatic carbocycles. The Balaban J connectivity index is 2.07. The third-order valence-electron chi connectivity index (χ3n) is 2.36. The quantitative estimate of drug-likeness (QED) is 0.426. The van der Waals surface area contributed by atoms with E-state index in [1.165, 1.54) is 17.7 Å². The van der Waals surface area contributed by atoms with Crippen LogP contribution in [0.4, 0.5) is 4.39 Å². The Morgan fingerprint density at radius 3 is 2.33 bits per heavy atom. The topological polar surface area (TPSA) is 29.5 Å². The highest BCUT2D eigenvalue weighted by Crippen LogP contribution is 2.08. The van der Waals surface area contributed by atoms with E-state index in [0.29, 0.717) is 6.61 Å². The van der Waals surface area contributed by atoms with Gasteiger partial charge < -0.3 is 0 Å². The summed E-state index contributed by atoms with van der Waals surface area (Å²) in [6.07, 6.45) is 5.14. The third kappa shape index (κ3) is 5.50. The predicted octanol–water partition coefficient (Wildman–Crippen LogP) is 3.42. The highest BCUT2D eigenvalue weighted by Gasteiger charge is 1.95. The number of halogens is 1. The molecule has 0 fully saturated rings. The molecule has 1 aromatic rings. The SMILES string of the molecule is OOCCCCCCc1ccc(F)cc1. The Morgan fingerprint density at radius 1 is 1.00 bits per heavy atom. The van der Waals surface area contributed by atoms with E-state index < -0.39 is 0 Å². The van der Waals surface area contributed by atoms with Crippen LogP contribution in [0, 0.1) is 5.82 Å². The van der Waals surface area contributed by atoms with Crippen molar-refractivity contribution in [1.29, 1.82) is 0 Å². The molecule has 0 aliphatic rings. The van der Waals surface area contributed by atoms with Gasteiger partial charge in [0.05, 0.1) is 6.61 Å². The molecular weight excluding hydrogens is 195 g/mol. The highest BCUT2D eigenvalue weighted by atomic mass is 19.1. The molecule has 1 rings (SSSR count). The van der Waals surface area contributed by atoms with Gasteiger partial charge >= 0.3 is 0 Å². The number of hydrogen-bond acceptors (Lipinski definition) is 2. The summed E-state index contributed by atoms with van der Waals surface area (Å²) in [7, 11) is 0. The molecule has 0 saturated carbocycles. The molecule has 0 unspecified atom stereocenters. The van der Waals surface area contributed by atoms with Gasteiger partial charge in [0.15, 0.2) is 0 Å². The Hall–Kier alpha value is -0.930. The van der Waals surface area contributed by atoms with Crippen LogP contribution in [0.25, 0.3) is 0 Å². The van der Waals surface area contributed by atoms with E-state index in [4.69, 9.17) is 5.26 Å². The van der Waals surface area contributed by atoms with E-state index in [1.807, 2.05) is 12.1 Å². The van der Waals surface area contributed by atoms with Crippen LogP contribution in [0.5, 0.6) is 0 Å². The first kappa shape index (κ1) is 12.1. The van der Waals surface area contributed by atoms with Crippen molar-refractivity contribution in [2.75, 3.05) is 6.61 Å². The molecule has 1 aromatic carbocycles. The van der Waals surface area contributed by atoms with Gasteiger partial charge in [-0.2, -0.15) is 0 Å². The lowest BCUT2D eigenvalue weighted by molar-refractivity contribution is -0.242. The van der Waals surface area contributed by atoms with Crippen molar-refractivity contribution in [2.45, 2.75) is 32.1 Å². The van der Waals surface area contributed by atoms with Crippen LogP contribution in [0.15, 0.2) is 24.3 Å². The maximum atomic E-state index is 12.6. The highest BCUT2D eigenvalue weighted by molar-refractivity contribution is 5.15. The summed E-state index contributed by atoms with van der Waals surface area (Å²) < 4.78 is 12.6. The number of benzene rings is 1. The average molecular weight is 212 g/mol. The maximum absolute atomic E-state index is 12.6.